The van der Waals surface area contributed by atoms with Gasteiger partial charge in [-0.25, -0.2) is 0 Å². The second kappa shape index (κ2) is 3.23. The molecule has 0 unspecified atom stereocenters. The van der Waals surface area contributed by atoms with Crippen LogP contribution in [0.15, 0.2) is 12.2 Å². The lowest BCUT2D eigenvalue weighted by Crippen LogP contribution is -2.19. The molecule has 0 N–H and O–H groups in total. The number of allylic oxidation sites excluding steroid dienone is 2. The van der Waals surface area contributed by atoms with Crippen LogP contribution in [0, 0.1) is 17.8 Å². The molecule has 58 valence electrons. The molecule has 1 aliphatic rings. The molecule has 0 fully saturated rings. The van der Waals surface area contributed by atoms with E-state index in [9.17, 15) is 0 Å². The average Bonchev–Trinajstić information content (AvgIpc) is 1.95. The third-order valence-electron chi connectivity index (χ3n) is 2.94. The predicted octanol–water partition coefficient (Wildman–Crippen LogP) is 3.24. The van der Waals surface area contributed by atoms with Gasteiger partial charge >= 0.3 is 0 Å². The highest BCUT2D eigenvalue weighted by atomic mass is 14.3. The molecule has 0 saturated carbocycles. The summed E-state index contributed by atoms with van der Waals surface area (Å²) >= 11 is 0. The topological polar surface area (TPSA) is 0 Å². The van der Waals surface area contributed by atoms with Crippen molar-refractivity contribution in [1.82, 2.24) is 0 Å². The summed E-state index contributed by atoms with van der Waals surface area (Å²) in [7, 11) is 0. The van der Waals surface area contributed by atoms with Crippen molar-refractivity contribution in [3.63, 3.8) is 0 Å². The van der Waals surface area contributed by atoms with Crippen LogP contribution >= 0.6 is 0 Å². The third kappa shape index (κ3) is 1.42. The Morgan fingerprint density at radius 1 is 1.40 bits per heavy atom. The molecule has 3 atom stereocenters. The van der Waals surface area contributed by atoms with E-state index in [0.29, 0.717) is 0 Å². The SMILES string of the molecule is CC[C@@H]1C=CC[C@H](C)[C@H]1C. The molecule has 0 nitrogen and oxygen atoms in total. The minimum Gasteiger partial charge on any atom is -0.0880 e. The third-order valence-corrected chi connectivity index (χ3v) is 2.94. The van der Waals surface area contributed by atoms with Gasteiger partial charge in [0, 0.05) is 0 Å². The van der Waals surface area contributed by atoms with Gasteiger partial charge in [-0.2, -0.15) is 0 Å². The standard InChI is InChI=1S/C10H18/c1-4-10-7-5-6-8(2)9(10)3/h5,7-10H,4,6H2,1-3H3/t8-,9+,10+/m0/s1. The molecule has 0 bridgehead atoms. The number of rotatable bonds is 1. The van der Waals surface area contributed by atoms with Crippen LogP contribution in [0.25, 0.3) is 0 Å². The van der Waals surface area contributed by atoms with Crippen molar-refractivity contribution in [2.75, 3.05) is 0 Å². The van der Waals surface area contributed by atoms with Gasteiger partial charge in [-0.3, -0.25) is 0 Å². The van der Waals surface area contributed by atoms with Crippen LogP contribution in [0.1, 0.15) is 33.6 Å². The molecule has 1 aliphatic carbocycles. The van der Waals surface area contributed by atoms with Gasteiger partial charge < -0.3 is 0 Å². The van der Waals surface area contributed by atoms with Gasteiger partial charge in [0.05, 0.1) is 0 Å². The largest absolute Gasteiger partial charge is 0.0880 e. The van der Waals surface area contributed by atoms with E-state index in [1.165, 1.54) is 12.8 Å². The number of hydrogen-bond acceptors (Lipinski definition) is 0. The molecule has 0 aromatic heterocycles. The van der Waals surface area contributed by atoms with E-state index in [1.807, 2.05) is 0 Å². The van der Waals surface area contributed by atoms with Gasteiger partial charge in [0.1, 0.15) is 0 Å². The highest BCUT2D eigenvalue weighted by molar-refractivity contribution is 4.97. The molecule has 0 heteroatoms. The first-order valence-electron chi connectivity index (χ1n) is 4.42. The van der Waals surface area contributed by atoms with Crippen LogP contribution in [0.4, 0.5) is 0 Å². The summed E-state index contributed by atoms with van der Waals surface area (Å²) in [5, 5.41) is 0. The van der Waals surface area contributed by atoms with E-state index in [4.69, 9.17) is 0 Å². The zero-order valence-corrected chi connectivity index (χ0v) is 7.30. The Balaban J connectivity index is 2.57. The molecule has 0 aromatic rings. The first-order valence-corrected chi connectivity index (χ1v) is 4.42. The highest BCUT2D eigenvalue weighted by Crippen LogP contribution is 2.31. The second-order valence-corrected chi connectivity index (χ2v) is 3.57. The van der Waals surface area contributed by atoms with Crippen LogP contribution in [-0.4, -0.2) is 0 Å². The Morgan fingerprint density at radius 2 is 2.10 bits per heavy atom. The zero-order chi connectivity index (χ0) is 7.56. The smallest absolute Gasteiger partial charge is 0.0208 e. The van der Waals surface area contributed by atoms with Crippen molar-refractivity contribution >= 4 is 0 Å². The minimum absolute atomic E-state index is 0.851. The maximum absolute atomic E-state index is 2.39. The normalized spacial score (nSPS) is 40.1. The van der Waals surface area contributed by atoms with Crippen molar-refractivity contribution in [3.05, 3.63) is 12.2 Å². The monoisotopic (exact) mass is 138 g/mol. The van der Waals surface area contributed by atoms with E-state index < -0.39 is 0 Å². The van der Waals surface area contributed by atoms with Crippen LogP contribution in [0.2, 0.25) is 0 Å². The van der Waals surface area contributed by atoms with Crippen molar-refractivity contribution in [1.29, 1.82) is 0 Å². The average molecular weight is 138 g/mol. The molecule has 0 saturated heterocycles. The first-order chi connectivity index (χ1) is 4.75. The quantitative estimate of drug-likeness (QED) is 0.488. The molecule has 10 heavy (non-hydrogen) atoms. The van der Waals surface area contributed by atoms with E-state index in [2.05, 4.69) is 32.9 Å². The Hall–Kier alpha value is -0.260. The Labute approximate surface area is 64.3 Å². The van der Waals surface area contributed by atoms with Gasteiger partial charge in [0.25, 0.3) is 0 Å². The highest BCUT2D eigenvalue weighted by Gasteiger charge is 2.21. The lowest BCUT2D eigenvalue weighted by molar-refractivity contribution is 0.284. The Bertz CT molecular complexity index is 124. The summed E-state index contributed by atoms with van der Waals surface area (Å²) in [6.45, 7) is 7.02. The van der Waals surface area contributed by atoms with Gasteiger partial charge in [-0.05, 0) is 30.6 Å². The molecule has 0 aliphatic heterocycles. The van der Waals surface area contributed by atoms with Crippen LogP contribution in [0.3, 0.4) is 0 Å². The maximum Gasteiger partial charge on any atom is -0.0208 e. The van der Waals surface area contributed by atoms with Crippen LogP contribution in [-0.2, 0) is 0 Å². The molecule has 0 heterocycles. The van der Waals surface area contributed by atoms with Crippen LogP contribution < -0.4 is 0 Å². The van der Waals surface area contributed by atoms with Gasteiger partial charge in [0.2, 0.25) is 0 Å². The van der Waals surface area contributed by atoms with Gasteiger partial charge in [-0.1, -0.05) is 32.9 Å². The number of hydrogen-bond donors (Lipinski definition) is 0. The lowest BCUT2D eigenvalue weighted by atomic mass is 9.77. The molecular formula is C10H18. The second-order valence-electron chi connectivity index (χ2n) is 3.57. The Kier molecular flexibility index (Phi) is 2.53. The molecule has 0 spiro atoms. The van der Waals surface area contributed by atoms with E-state index in [1.54, 1.807) is 0 Å². The summed E-state index contributed by atoms with van der Waals surface area (Å²) in [5.41, 5.74) is 0. The summed E-state index contributed by atoms with van der Waals surface area (Å²) in [4.78, 5) is 0. The van der Waals surface area contributed by atoms with E-state index >= 15 is 0 Å². The molecular weight excluding hydrogens is 120 g/mol. The van der Waals surface area contributed by atoms with Gasteiger partial charge in [0.15, 0.2) is 0 Å². The fourth-order valence-electron chi connectivity index (χ4n) is 1.79. The van der Waals surface area contributed by atoms with E-state index in [-0.39, 0.29) is 0 Å². The molecule has 0 aromatic carbocycles. The summed E-state index contributed by atoms with van der Waals surface area (Å²) in [6.07, 6.45) is 7.34. The lowest BCUT2D eigenvalue weighted by Gasteiger charge is -2.28. The fourth-order valence-corrected chi connectivity index (χ4v) is 1.79. The van der Waals surface area contributed by atoms with Crippen molar-refractivity contribution in [2.45, 2.75) is 33.6 Å². The summed E-state index contributed by atoms with van der Waals surface area (Å²) < 4.78 is 0. The molecule has 0 radical (unpaired) electrons. The fraction of sp³-hybridized carbons (Fsp3) is 0.800. The maximum atomic E-state index is 2.39. The molecule has 1 rings (SSSR count). The van der Waals surface area contributed by atoms with Crippen molar-refractivity contribution < 1.29 is 0 Å². The van der Waals surface area contributed by atoms with Crippen molar-refractivity contribution in [2.24, 2.45) is 17.8 Å². The van der Waals surface area contributed by atoms with Crippen molar-refractivity contribution in [3.8, 4) is 0 Å². The van der Waals surface area contributed by atoms with E-state index in [0.717, 1.165) is 17.8 Å². The summed E-state index contributed by atoms with van der Waals surface area (Å²) in [5.74, 6) is 2.65. The first kappa shape index (κ1) is 7.84. The predicted molar refractivity (Wildman–Crippen MR) is 45.9 cm³/mol. The Morgan fingerprint density at radius 3 is 2.60 bits per heavy atom. The zero-order valence-electron chi connectivity index (χ0n) is 7.30. The minimum atomic E-state index is 0.851. The summed E-state index contributed by atoms with van der Waals surface area (Å²) in [6, 6.07) is 0. The van der Waals surface area contributed by atoms with Gasteiger partial charge in [-0.15, -0.1) is 0 Å². The van der Waals surface area contributed by atoms with Crippen LogP contribution in [0.5, 0.6) is 0 Å². The molecule has 0 amide bonds.